The Labute approximate surface area is 134 Å². The summed E-state index contributed by atoms with van der Waals surface area (Å²) >= 11 is 0. The first-order valence-electron chi connectivity index (χ1n) is 8.81. The second kappa shape index (κ2) is 6.29. The van der Waals surface area contributed by atoms with E-state index in [0.29, 0.717) is 0 Å². The van der Waals surface area contributed by atoms with Crippen molar-refractivity contribution in [3.8, 4) is 0 Å². The van der Waals surface area contributed by atoms with Gasteiger partial charge in [0.1, 0.15) is 0 Å². The van der Waals surface area contributed by atoms with Gasteiger partial charge in [0.25, 0.3) is 0 Å². The smallest absolute Gasteiger partial charge is 0.0367 e. The van der Waals surface area contributed by atoms with Gasteiger partial charge in [0.15, 0.2) is 0 Å². The predicted molar refractivity (Wildman–Crippen MR) is 93.3 cm³/mol. The van der Waals surface area contributed by atoms with Crippen LogP contribution in [0, 0.1) is 0 Å². The normalized spacial score (nSPS) is 26.2. The van der Waals surface area contributed by atoms with Gasteiger partial charge in [-0.25, -0.2) is 0 Å². The van der Waals surface area contributed by atoms with E-state index in [1.807, 2.05) is 0 Å². The quantitative estimate of drug-likeness (QED) is 0.813. The van der Waals surface area contributed by atoms with Crippen molar-refractivity contribution < 1.29 is 0 Å². The zero-order chi connectivity index (χ0) is 14.8. The van der Waals surface area contributed by atoms with Crippen LogP contribution in [0.1, 0.15) is 32.1 Å². The molecule has 0 aromatic heterocycles. The molecule has 1 fully saturated rings. The first-order chi connectivity index (χ1) is 10.9. The highest BCUT2D eigenvalue weighted by molar-refractivity contribution is 5.46. The lowest BCUT2D eigenvalue weighted by Crippen LogP contribution is -2.51. The van der Waals surface area contributed by atoms with Crippen molar-refractivity contribution in [2.24, 2.45) is 0 Å². The largest absolute Gasteiger partial charge is 0.369 e. The van der Waals surface area contributed by atoms with Gasteiger partial charge < -0.3 is 4.90 Å². The van der Waals surface area contributed by atoms with Crippen LogP contribution in [0.4, 0.5) is 5.69 Å². The molecule has 22 heavy (non-hydrogen) atoms. The number of anilines is 1. The summed E-state index contributed by atoms with van der Waals surface area (Å²) < 4.78 is 0. The van der Waals surface area contributed by atoms with Gasteiger partial charge in [-0.15, -0.1) is 0 Å². The van der Waals surface area contributed by atoms with E-state index in [4.69, 9.17) is 0 Å². The van der Waals surface area contributed by atoms with Gasteiger partial charge in [0.05, 0.1) is 0 Å². The Morgan fingerprint density at radius 1 is 0.909 bits per heavy atom. The highest BCUT2D eigenvalue weighted by Crippen LogP contribution is 2.34. The number of nitrogens with zero attached hydrogens (tertiary/aromatic N) is 2. The second-order valence-corrected chi connectivity index (χ2v) is 6.83. The molecule has 1 unspecified atom stereocenters. The monoisotopic (exact) mass is 294 g/mol. The second-order valence-electron chi connectivity index (χ2n) is 6.83. The molecular formula is C20H26N2. The molecule has 4 rings (SSSR count). The number of hydrogen-bond donors (Lipinski definition) is 0. The minimum atomic E-state index is 0.795. The van der Waals surface area contributed by atoms with E-state index in [1.165, 1.54) is 64.0 Å². The molecule has 1 atom stereocenters. The Balaban J connectivity index is 1.36. The van der Waals surface area contributed by atoms with E-state index in [-0.39, 0.29) is 0 Å². The number of allylic oxidation sites excluding steroid dienone is 3. The van der Waals surface area contributed by atoms with Crippen LogP contribution >= 0.6 is 0 Å². The third-order valence-electron chi connectivity index (χ3n) is 5.57. The molecule has 0 saturated carbocycles. The van der Waals surface area contributed by atoms with E-state index in [2.05, 4.69) is 52.3 Å². The summed E-state index contributed by atoms with van der Waals surface area (Å²) in [5.41, 5.74) is 4.79. The van der Waals surface area contributed by atoms with E-state index in [1.54, 1.807) is 11.1 Å². The van der Waals surface area contributed by atoms with Crippen molar-refractivity contribution in [3.63, 3.8) is 0 Å². The van der Waals surface area contributed by atoms with E-state index in [0.717, 1.165) is 6.04 Å². The van der Waals surface area contributed by atoms with Crippen LogP contribution in [0.15, 0.2) is 53.6 Å². The fraction of sp³-hybridized carbons (Fsp3) is 0.500. The van der Waals surface area contributed by atoms with Gasteiger partial charge in [0.2, 0.25) is 0 Å². The predicted octanol–water partition coefficient (Wildman–Crippen LogP) is 4.01. The minimum absolute atomic E-state index is 0.795. The lowest BCUT2D eigenvalue weighted by molar-refractivity contribution is 0.169. The fourth-order valence-corrected chi connectivity index (χ4v) is 4.26. The van der Waals surface area contributed by atoms with Crippen molar-refractivity contribution in [2.75, 3.05) is 31.1 Å². The molecule has 0 amide bonds. The number of piperazine rings is 1. The molecule has 2 heteroatoms. The first-order valence-corrected chi connectivity index (χ1v) is 8.81. The molecule has 116 valence electrons. The van der Waals surface area contributed by atoms with E-state index >= 15 is 0 Å². The Kier molecular flexibility index (Phi) is 4.03. The van der Waals surface area contributed by atoms with Crippen LogP contribution < -0.4 is 4.90 Å². The maximum atomic E-state index is 2.75. The summed E-state index contributed by atoms with van der Waals surface area (Å²) in [5, 5.41) is 0. The highest BCUT2D eigenvalue weighted by Gasteiger charge is 2.28. The zero-order valence-electron chi connectivity index (χ0n) is 13.4. The summed E-state index contributed by atoms with van der Waals surface area (Å²) in [4.78, 5) is 5.29. The molecule has 3 aliphatic rings. The van der Waals surface area contributed by atoms with Crippen LogP contribution in [0.3, 0.4) is 0 Å². The topological polar surface area (TPSA) is 6.48 Å². The van der Waals surface area contributed by atoms with Gasteiger partial charge >= 0.3 is 0 Å². The maximum Gasteiger partial charge on any atom is 0.0367 e. The lowest BCUT2D eigenvalue weighted by atomic mass is 9.82. The highest BCUT2D eigenvalue weighted by atomic mass is 15.3. The zero-order valence-corrected chi connectivity index (χ0v) is 13.4. The Morgan fingerprint density at radius 2 is 1.73 bits per heavy atom. The lowest BCUT2D eigenvalue weighted by Gasteiger charge is -2.42. The standard InChI is InChI=1S/C20H26N2/c1-2-8-19(9-3-1)21-12-14-22(15-13-21)20-11-10-17-6-4-5-7-18(17)16-20/h1-4,6,8-9,20H,5,7,10-16H2. The van der Waals surface area contributed by atoms with Crippen molar-refractivity contribution >= 4 is 5.69 Å². The molecule has 2 nitrogen and oxygen atoms in total. The van der Waals surface area contributed by atoms with E-state index < -0.39 is 0 Å². The molecule has 1 heterocycles. The molecule has 1 saturated heterocycles. The number of benzene rings is 1. The van der Waals surface area contributed by atoms with E-state index in [9.17, 15) is 0 Å². The van der Waals surface area contributed by atoms with Crippen LogP contribution in [-0.4, -0.2) is 37.1 Å². The molecule has 1 aliphatic heterocycles. The van der Waals surface area contributed by atoms with Crippen molar-refractivity contribution in [1.82, 2.24) is 4.90 Å². The first kappa shape index (κ1) is 14.1. The van der Waals surface area contributed by atoms with Gasteiger partial charge in [-0.2, -0.15) is 0 Å². The average Bonchev–Trinajstić information content (AvgIpc) is 2.62. The molecular weight excluding hydrogens is 268 g/mol. The molecule has 0 spiro atoms. The van der Waals surface area contributed by atoms with Gasteiger partial charge in [0, 0.05) is 37.9 Å². The molecule has 0 N–H and O–H groups in total. The maximum absolute atomic E-state index is 2.75. The minimum Gasteiger partial charge on any atom is -0.369 e. The molecule has 0 radical (unpaired) electrons. The average molecular weight is 294 g/mol. The van der Waals surface area contributed by atoms with Crippen molar-refractivity contribution in [1.29, 1.82) is 0 Å². The summed E-state index contributed by atoms with van der Waals surface area (Å²) in [6.45, 7) is 4.79. The van der Waals surface area contributed by atoms with Crippen LogP contribution in [0.25, 0.3) is 0 Å². The van der Waals surface area contributed by atoms with Crippen LogP contribution in [0.2, 0.25) is 0 Å². The third-order valence-corrected chi connectivity index (χ3v) is 5.57. The van der Waals surface area contributed by atoms with Crippen LogP contribution in [0.5, 0.6) is 0 Å². The SMILES string of the molecule is C1=CC2=C(CC1)CC(N1CCN(c3ccccc3)CC1)CC2. The number of para-hydroxylation sites is 1. The van der Waals surface area contributed by atoms with Gasteiger partial charge in [-0.3, -0.25) is 4.90 Å². The van der Waals surface area contributed by atoms with Crippen molar-refractivity contribution in [3.05, 3.63) is 53.6 Å². The number of hydrogen-bond acceptors (Lipinski definition) is 2. The van der Waals surface area contributed by atoms with Crippen molar-refractivity contribution in [2.45, 2.75) is 38.1 Å². The third kappa shape index (κ3) is 2.85. The molecule has 1 aromatic carbocycles. The fourth-order valence-electron chi connectivity index (χ4n) is 4.26. The molecule has 1 aromatic rings. The Morgan fingerprint density at radius 3 is 2.55 bits per heavy atom. The van der Waals surface area contributed by atoms with Gasteiger partial charge in [-0.05, 0) is 49.8 Å². The summed E-state index contributed by atoms with van der Waals surface area (Å²) in [6, 6.07) is 11.7. The van der Waals surface area contributed by atoms with Gasteiger partial charge in [-0.1, -0.05) is 35.9 Å². The Bertz CT molecular complexity index is 565. The summed E-state index contributed by atoms with van der Waals surface area (Å²) in [7, 11) is 0. The number of rotatable bonds is 2. The molecule has 2 aliphatic carbocycles. The van der Waals surface area contributed by atoms with Crippen LogP contribution in [-0.2, 0) is 0 Å². The summed E-state index contributed by atoms with van der Waals surface area (Å²) in [5.74, 6) is 0. The molecule has 0 bridgehead atoms. The summed E-state index contributed by atoms with van der Waals surface area (Å²) in [6.07, 6.45) is 11.3. The Hall–Kier alpha value is -1.54.